The summed E-state index contributed by atoms with van der Waals surface area (Å²) < 4.78 is 0. The molecule has 0 amide bonds. The molecule has 1 aliphatic rings. The Labute approximate surface area is 91.2 Å². The van der Waals surface area contributed by atoms with Gasteiger partial charge in [-0.15, -0.1) is 8.58 Å². The second-order valence-corrected chi connectivity index (χ2v) is 7.33. The minimum atomic E-state index is 0. The van der Waals surface area contributed by atoms with Crippen molar-refractivity contribution >= 4 is 27.4 Å². The molecule has 0 radical (unpaired) electrons. The summed E-state index contributed by atoms with van der Waals surface area (Å²) in [6, 6.07) is 0. The molecule has 1 rings (SSSR count). The monoisotopic (exact) mass is 180 g/mol. The van der Waals surface area contributed by atoms with Crippen LogP contribution in [0, 0.1) is 0 Å². The first-order valence-electron chi connectivity index (χ1n) is 4.86. The van der Waals surface area contributed by atoms with E-state index < -0.39 is 0 Å². The molecule has 0 nitrogen and oxygen atoms in total. The fourth-order valence-electron chi connectivity index (χ4n) is 1.86. The van der Waals surface area contributed by atoms with E-state index in [0.717, 1.165) is 5.66 Å². The average Bonchev–Trinajstić information content (AvgIpc) is 1.85. The number of rotatable bonds is 1. The van der Waals surface area contributed by atoms with Crippen LogP contribution in [-0.4, -0.2) is 29.7 Å². The molecule has 68 valence electrons. The molecule has 0 aromatic rings. The van der Waals surface area contributed by atoms with Crippen molar-refractivity contribution in [3.8, 4) is 0 Å². The normalized spacial score (nSPS) is 21.2. The van der Waals surface area contributed by atoms with Crippen LogP contribution in [0.4, 0.5) is 0 Å². The predicted octanol–water partition coefficient (Wildman–Crippen LogP) is 3.15. The van der Waals surface area contributed by atoms with E-state index in [1.165, 1.54) is 40.7 Å². The topological polar surface area (TPSA) is 0 Å². The molecular formula is C10H22LiP. The van der Waals surface area contributed by atoms with Crippen molar-refractivity contribution in [1.82, 2.24) is 0 Å². The molecule has 1 atom stereocenters. The van der Waals surface area contributed by atoms with Gasteiger partial charge in [0.05, 0.1) is 0 Å². The van der Waals surface area contributed by atoms with Crippen molar-refractivity contribution < 1.29 is 0 Å². The van der Waals surface area contributed by atoms with Crippen LogP contribution in [0.1, 0.15) is 52.9 Å². The fourth-order valence-corrected chi connectivity index (χ4v) is 3.78. The van der Waals surface area contributed by atoms with Crippen molar-refractivity contribution in [2.75, 3.05) is 0 Å². The zero-order chi connectivity index (χ0) is 8.32. The van der Waals surface area contributed by atoms with E-state index in [2.05, 4.69) is 20.8 Å². The Morgan fingerprint density at radius 3 is 1.92 bits per heavy atom. The predicted molar refractivity (Wildman–Crippen MR) is 62.1 cm³/mol. The molecule has 0 bridgehead atoms. The first-order valence-corrected chi connectivity index (χ1v) is 5.93. The van der Waals surface area contributed by atoms with E-state index in [4.69, 9.17) is 0 Å². The summed E-state index contributed by atoms with van der Waals surface area (Å²) in [5.41, 5.74) is 1.07. The Morgan fingerprint density at radius 2 is 1.50 bits per heavy atom. The molecule has 1 aliphatic carbocycles. The summed E-state index contributed by atoms with van der Waals surface area (Å²) in [6.07, 6.45) is 7.50. The van der Waals surface area contributed by atoms with Crippen molar-refractivity contribution in [3.63, 3.8) is 0 Å². The van der Waals surface area contributed by atoms with Gasteiger partial charge in [0.15, 0.2) is 0 Å². The van der Waals surface area contributed by atoms with E-state index in [-0.39, 0.29) is 18.9 Å². The zero-order valence-corrected chi connectivity index (χ0v) is 9.11. The molecule has 1 unspecified atom stereocenters. The third kappa shape index (κ3) is 5.64. The van der Waals surface area contributed by atoms with Crippen LogP contribution < -0.4 is 0 Å². The fraction of sp³-hybridized carbons (Fsp3) is 1.00. The Hall–Kier alpha value is 1.03. The van der Waals surface area contributed by atoms with E-state index in [1.807, 2.05) is 0 Å². The molecule has 2 heteroatoms. The summed E-state index contributed by atoms with van der Waals surface area (Å²) in [5, 5.41) is 0.585. The molecule has 0 N–H and O–H groups in total. The van der Waals surface area contributed by atoms with E-state index in [0.29, 0.717) is 5.16 Å². The number of hydrogen-bond acceptors (Lipinski definition) is 0. The van der Waals surface area contributed by atoms with E-state index in [1.54, 1.807) is 0 Å². The summed E-state index contributed by atoms with van der Waals surface area (Å²) in [5.74, 6) is 0. The SMILES string of the molecule is CC(C)(C)PC1CCCCC1.[LiH]. The van der Waals surface area contributed by atoms with Crippen LogP contribution in [0.2, 0.25) is 0 Å². The van der Waals surface area contributed by atoms with Gasteiger partial charge in [-0.25, -0.2) is 0 Å². The molecule has 0 aliphatic heterocycles. The number of hydrogen-bond donors (Lipinski definition) is 0. The molecular weight excluding hydrogens is 158 g/mol. The van der Waals surface area contributed by atoms with Gasteiger partial charge in [0, 0.05) is 0 Å². The summed E-state index contributed by atoms with van der Waals surface area (Å²) in [4.78, 5) is 0. The van der Waals surface area contributed by atoms with Gasteiger partial charge < -0.3 is 0 Å². The van der Waals surface area contributed by atoms with E-state index >= 15 is 0 Å². The van der Waals surface area contributed by atoms with Gasteiger partial charge >= 0.3 is 18.9 Å². The maximum absolute atomic E-state index is 2.38. The van der Waals surface area contributed by atoms with Gasteiger partial charge in [0.25, 0.3) is 0 Å². The maximum atomic E-state index is 2.38. The van der Waals surface area contributed by atoms with Gasteiger partial charge in [0.2, 0.25) is 0 Å². The quantitative estimate of drug-likeness (QED) is 0.429. The van der Waals surface area contributed by atoms with Gasteiger partial charge in [-0.2, -0.15) is 0 Å². The molecule has 0 spiro atoms. The van der Waals surface area contributed by atoms with Crippen molar-refractivity contribution in [2.45, 2.75) is 63.7 Å². The average molecular weight is 180 g/mol. The zero-order valence-electron chi connectivity index (χ0n) is 8.11. The van der Waals surface area contributed by atoms with Crippen molar-refractivity contribution in [1.29, 1.82) is 0 Å². The van der Waals surface area contributed by atoms with Gasteiger partial charge in [-0.05, 0) is 23.7 Å². The van der Waals surface area contributed by atoms with Gasteiger partial charge in [-0.3, -0.25) is 0 Å². The van der Waals surface area contributed by atoms with Gasteiger partial charge in [0.1, 0.15) is 0 Å². The van der Waals surface area contributed by atoms with Crippen LogP contribution in [0.25, 0.3) is 0 Å². The third-order valence-corrected chi connectivity index (χ3v) is 4.09. The van der Waals surface area contributed by atoms with Crippen LogP contribution in [0.15, 0.2) is 0 Å². The van der Waals surface area contributed by atoms with Gasteiger partial charge in [-0.1, -0.05) is 40.0 Å². The summed E-state index contributed by atoms with van der Waals surface area (Å²) in [6.45, 7) is 7.13. The Kier molecular flexibility index (Phi) is 6.18. The second-order valence-electron chi connectivity index (χ2n) is 4.73. The molecule has 0 aromatic carbocycles. The first-order chi connectivity index (χ1) is 5.08. The first kappa shape index (κ1) is 13.0. The molecule has 0 heterocycles. The molecule has 0 aromatic heterocycles. The summed E-state index contributed by atoms with van der Waals surface area (Å²) in [7, 11) is 1.19. The Balaban J connectivity index is 0.00000121. The summed E-state index contributed by atoms with van der Waals surface area (Å²) >= 11 is 0. The Morgan fingerprint density at radius 1 is 1.00 bits per heavy atom. The van der Waals surface area contributed by atoms with Crippen molar-refractivity contribution in [2.24, 2.45) is 0 Å². The molecule has 1 fully saturated rings. The second kappa shape index (κ2) is 5.69. The van der Waals surface area contributed by atoms with E-state index in [9.17, 15) is 0 Å². The molecule has 1 saturated carbocycles. The third-order valence-electron chi connectivity index (χ3n) is 2.24. The van der Waals surface area contributed by atoms with Crippen LogP contribution in [0.5, 0.6) is 0 Å². The van der Waals surface area contributed by atoms with Crippen LogP contribution in [-0.2, 0) is 0 Å². The minimum absolute atomic E-state index is 0. The standard InChI is InChI=1S/C10H21P.Li.H/c1-10(2,3)11-9-7-5-4-6-8-9;;/h9,11H,4-8H2,1-3H3;;. The van der Waals surface area contributed by atoms with Crippen LogP contribution >= 0.6 is 8.58 Å². The molecule has 0 saturated heterocycles. The van der Waals surface area contributed by atoms with Crippen LogP contribution in [0.3, 0.4) is 0 Å². The van der Waals surface area contributed by atoms with Crippen molar-refractivity contribution in [3.05, 3.63) is 0 Å². The Bertz CT molecular complexity index is 111. The molecule has 12 heavy (non-hydrogen) atoms.